The number of hydrogen-bond acceptors (Lipinski definition) is 3. The van der Waals surface area contributed by atoms with Crippen LogP contribution in [0.4, 0.5) is 0 Å². The van der Waals surface area contributed by atoms with E-state index in [2.05, 4.69) is 4.40 Å². The third-order valence-corrected chi connectivity index (χ3v) is 3.66. The molecule has 0 aromatic heterocycles. The molecule has 1 saturated heterocycles. The zero-order chi connectivity index (χ0) is 11.6. The van der Waals surface area contributed by atoms with Crippen molar-refractivity contribution in [3.05, 3.63) is 29.8 Å². The highest BCUT2D eigenvalue weighted by Gasteiger charge is 2.17. The molecule has 1 heterocycles. The largest absolute Gasteiger partial charge is 0.480 e. The molecule has 16 heavy (non-hydrogen) atoms. The van der Waals surface area contributed by atoms with Crippen LogP contribution in [-0.2, 0) is 14.8 Å². The van der Waals surface area contributed by atoms with Crippen LogP contribution < -0.4 is 0 Å². The lowest BCUT2D eigenvalue weighted by atomic mass is 10.2. The summed E-state index contributed by atoms with van der Waals surface area (Å²) in [5.41, 5.74) is 1.02. The van der Waals surface area contributed by atoms with Crippen LogP contribution in [0.2, 0.25) is 0 Å². The van der Waals surface area contributed by atoms with E-state index in [0.29, 0.717) is 18.9 Å². The average Bonchev–Trinajstić information content (AvgIpc) is 2.70. The molecule has 4 nitrogen and oxygen atoms in total. The molecule has 1 aliphatic rings. The van der Waals surface area contributed by atoms with E-state index in [9.17, 15) is 8.42 Å². The second kappa shape index (κ2) is 4.25. The van der Waals surface area contributed by atoms with E-state index in [1.807, 2.05) is 6.92 Å². The third-order valence-electron chi connectivity index (χ3n) is 2.34. The normalized spacial score (nSPS) is 18.7. The van der Waals surface area contributed by atoms with Gasteiger partial charge >= 0.3 is 0 Å². The minimum atomic E-state index is -3.60. The number of hydrogen-bond donors (Lipinski definition) is 0. The molecule has 0 amide bonds. The van der Waals surface area contributed by atoms with Gasteiger partial charge in [0.2, 0.25) is 0 Å². The van der Waals surface area contributed by atoms with E-state index < -0.39 is 10.0 Å². The summed E-state index contributed by atoms with van der Waals surface area (Å²) < 4.78 is 32.4. The first kappa shape index (κ1) is 11.1. The van der Waals surface area contributed by atoms with E-state index in [1.54, 1.807) is 24.3 Å². The van der Waals surface area contributed by atoms with E-state index in [4.69, 9.17) is 4.74 Å². The highest BCUT2D eigenvalue weighted by molar-refractivity contribution is 7.90. The van der Waals surface area contributed by atoms with Crippen molar-refractivity contribution in [1.82, 2.24) is 0 Å². The maximum Gasteiger partial charge on any atom is 0.285 e. The standard InChI is InChI=1S/C11H13NO3S/c1-9-4-6-10(7-5-9)16(13,14)12-11-3-2-8-15-11/h4-7H,2-3,8H2,1H3/b12-11-. The molecule has 0 spiro atoms. The summed E-state index contributed by atoms with van der Waals surface area (Å²) in [4.78, 5) is 0.209. The van der Waals surface area contributed by atoms with Gasteiger partial charge in [-0.25, -0.2) is 0 Å². The van der Waals surface area contributed by atoms with Gasteiger partial charge in [-0.1, -0.05) is 17.7 Å². The molecule has 2 rings (SSSR count). The first-order chi connectivity index (χ1) is 7.58. The second-order valence-corrected chi connectivity index (χ2v) is 5.33. The van der Waals surface area contributed by atoms with Crippen molar-refractivity contribution in [2.75, 3.05) is 6.61 Å². The second-order valence-electron chi connectivity index (χ2n) is 3.73. The molecule has 0 bridgehead atoms. The van der Waals surface area contributed by atoms with Crippen molar-refractivity contribution in [3.63, 3.8) is 0 Å². The first-order valence-corrected chi connectivity index (χ1v) is 6.55. The van der Waals surface area contributed by atoms with Crippen molar-refractivity contribution in [3.8, 4) is 0 Å². The van der Waals surface area contributed by atoms with Crippen LogP contribution in [0, 0.1) is 6.92 Å². The van der Waals surface area contributed by atoms with Gasteiger partial charge in [-0.15, -0.1) is 4.40 Å². The predicted octanol–water partition coefficient (Wildman–Crippen LogP) is 1.89. The number of benzene rings is 1. The van der Waals surface area contributed by atoms with Gasteiger partial charge in [0.05, 0.1) is 11.5 Å². The molecule has 1 aromatic carbocycles. The summed E-state index contributed by atoms with van der Waals surface area (Å²) in [7, 11) is -3.60. The molecule has 0 atom stereocenters. The molecular weight excluding hydrogens is 226 g/mol. The monoisotopic (exact) mass is 239 g/mol. The van der Waals surface area contributed by atoms with Crippen molar-refractivity contribution in [2.45, 2.75) is 24.7 Å². The summed E-state index contributed by atoms with van der Waals surface area (Å²) in [5.74, 6) is 0.320. The van der Waals surface area contributed by atoms with Crippen LogP contribution >= 0.6 is 0 Å². The summed E-state index contributed by atoms with van der Waals surface area (Å²) in [6.45, 7) is 2.46. The molecule has 1 aromatic rings. The average molecular weight is 239 g/mol. The van der Waals surface area contributed by atoms with Crippen molar-refractivity contribution in [2.24, 2.45) is 4.40 Å². The Bertz CT molecular complexity index is 495. The molecule has 0 aliphatic carbocycles. The molecule has 0 saturated carbocycles. The molecule has 0 unspecified atom stereocenters. The fourth-order valence-electron chi connectivity index (χ4n) is 1.45. The number of aryl methyl sites for hydroxylation is 1. The van der Waals surface area contributed by atoms with Crippen LogP contribution in [-0.4, -0.2) is 20.9 Å². The third kappa shape index (κ3) is 2.41. The van der Waals surface area contributed by atoms with E-state index >= 15 is 0 Å². The van der Waals surface area contributed by atoms with Crippen LogP contribution in [0.15, 0.2) is 33.6 Å². The Morgan fingerprint density at radius 2 is 1.94 bits per heavy atom. The zero-order valence-electron chi connectivity index (χ0n) is 9.01. The Kier molecular flexibility index (Phi) is 2.96. The molecule has 86 valence electrons. The van der Waals surface area contributed by atoms with Crippen LogP contribution in [0.25, 0.3) is 0 Å². The van der Waals surface area contributed by atoms with Gasteiger partial charge in [-0.2, -0.15) is 8.42 Å². The van der Waals surface area contributed by atoms with Crippen LogP contribution in [0.5, 0.6) is 0 Å². The number of rotatable bonds is 2. The fraction of sp³-hybridized carbons (Fsp3) is 0.364. The summed E-state index contributed by atoms with van der Waals surface area (Å²) in [5, 5.41) is 0. The van der Waals surface area contributed by atoms with Crippen molar-refractivity contribution in [1.29, 1.82) is 0 Å². The van der Waals surface area contributed by atoms with E-state index in [-0.39, 0.29) is 4.90 Å². The van der Waals surface area contributed by atoms with Crippen LogP contribution in [0.3, 0.4) is 0 Å². The molecule has 0 radical (unpaired) electrons. The van der Waals surface area contributed by atoms with Crippen LogP contribution in [0.1, 0.15) is 18.4 Å². The maximum atomic E-state index is 11.8. The first-order valence-electron chi connectivity index (χ1n) is 5.11. The fourth-order valence-corrected chi connectivity index (χ4v) is 2.45. The van der Waals surface area contributed by atoms with Gasteiger partial charge in [0.15, 0.2) is 5.90 Å². The molecule has 1 fully saturated rings. The molecule has 0 N–H and O–H groups in total. The SMILES string of the molecule is Cc1ccc(S(=O)(=O)/N=C2/CCCO2)cc1. The number of ether oxygens (including phenoxy) is 1. The summed E-state index contributed by atoms with van der Waals surface area (Å²) in [6.07, 6.45) is 1.44. The highest BCUT2D eigenvalue weighted by Crippen LogP contribution is 2.16. The van der Waals surface area contributed by atoms with Crippen molar-refractivity contribution < 1.29 is 13.2 Å². The Balaban J connectivity index is 2.31. The van der Waals surface area contributed by atoms with Gasteiger partial charge in [-0.05, 0) is 25.5 Å². The lowest BCUT2D eigenvalue weighted by Crippen LogP contribution is -2.03. The van der Waals surface area contributed by atoms with Gasteiger partial charge in [0.25, 0.3) is 10.0 Å². The topological polar surface area (TPSA) is 55.7 Å². The molecular formula is C11H13NO3S. The summed E-state index contributed by atoms with van der Waals surface area (Å²) >= 11 is 0. The van der Waals surface area contributed by atoms with Gasteiger partial charge in [-0.3, -0.25) is 0 Å². The lowest BCUT2D eigenvalue weighted by Gasteiger charge is -2.01. The lowest BCUT2D eigenvalue weighted by molar-refractivity contribution is 0.344. The highest BCUT2D eigenvalue weighted by atomic mass is 32.2. The Labute approximate surface area is 95.0 Å². The Morgan fingerprint density at radius 3 is 2.50 bits per heavy atom. The Morgan fingerprint density at radius 1 is 1.25 bits per heavy atom. The maximum absolute atomic E-state index is 11.8. The van der Waals surface area contributed by atoms with E-state index in [1.165, 1.54) is 0 Å². The van der Waals surface area contributed by atoms with Gasteiger partial charge in [0.1, 0.15) is 0 Å². The summed E-state index contributed by atoms with van der Waals surface area (Å²) in [6, 6.07) is 6.62. The molecule has 5 heteroatoms. The van der Waals surface area contributed by atoms with Gasteiger partial charge in [0, 0.05) is 6.42 Å². The van der Waals surface area contributed by atoms with E-state index in [0.717, 1.165) is 12.0 Å². The Hall–Kier alpha value is -1.36. The number of sulfonamides is 1. The van der Waals surface area contributed by atoms with Crippen molar-refractivity contribution >= 4 is 15.9 Å². The minimum absolute atomic E-state index is 0.209. The molecule has 1 aliphatic heterocycles. The number of nitrogens with zero attached hydrogens (tertiary/aromatic N) is 1. The smallest absolute Gasteiger partial charge is 0.285 e. The zero-order valence-corrected chi connectivity index (χ0v) is 9.83. The van der Waals surface area contributed by atoms with Gasteiger partial charge < -0.3 is 4.74 Å². The predicted molar refractivity (Wildman–Crippen MR) is 61.0 cm³/mol. The quantitative estimate of drug-likeness (QED) is 0.792. The minimum Gasteiger partial charge on any atom is -0.480 e.